The minimum Gasteiger partial charge on any atom is -0.300 e. The molecule has 0 bridgehead atoms. The van der Waals surface area contributed by atoms with Crippen molar-refractivity contribution in [3.05, 3.63) is 64.9 Å². The van der Waals surface area contributed by atoms with Gasteiger partial charge in [-0.15, -0.1) is 10.2 Å². The molecule has 0 spiro atoms. The number of halogens is 2. The molecule has 2 heterocycles. The van der Waals surface area contributed by atoms with Gasteiger partial charge < -0.3 is 5.32 Å². The Balaban J connectivity index is 1.34. The van der Waals surface area contributed by atoms with E-state index in [1.54, 1.807) is 0 Å². The third kappa shape index (κ3) is 5.15. The molecule has 1 amide bonds. The molecule has 1 aromatic heterocycles. The number of rotatable bonds is 6. The van der Waals surface area contributed by atoms with Crippen molar-refractivity contribution < 1.29 is 17.6 Å². The Morgan fingerprint density at radius 1 is 1.12 bits per heavy atom. The standard InChI is InChI=1S/C21H20ClFN4O3S2/c22-17-7-4-8-18(23)16(17)13-32(29,30)27-11-9-14(10-12-27)19(28)24-21-26-25-20(31-21)15-5-2-1-3-6-15/h1-8,14H,9-13H2,(H,24,26,28). The molecule has 2 aromatic carbocycles. The van der Waals surface area contributed by atoms with Crippen molar-refractivity contribution in [2.75, 3.05) is 18.4 Å². The van der Waals surface area contributed by atoms with Crippen LogP contribution in [0, 0.1) is 11.7 Å². The van der Waals surface area contributed by atoms with Crippen LogP contribution in [-0.4, -0.2) is 41.9 Å². The Kier molecular flexibility index (Phi) is 6.85. The Labute approximate surface area is 194 Å². The normalized spacial score (nSPS) is 15.6. The van der Waals surface area contributed by atoms with Gasteiger partial charge >= 0.3 is 0 Å². The molecular formula is C21H20ClFN4O3S2. The van der Waals surface area contributed by atoms with Gasteiger partial charge in [0.05, 0.1) is 5.75 Å². The number of carbonyl (C=O) groups excluding carboxylic acids is 1. The van der Waals surface area contributed by atoms with E-state index in [2.05, 4.69) is 15.5 Å². The highest BCUT2D eigenvalue weighted by molar-refractivity contribution is 7.88. The molecule has 1 N–H and O–H groups in total. The van der Waals surface area contributed by atoms with Crippen molar-refractivity contribution in [3.63, 3.8) is 0 Å². The lowest BCUT2D eigenvalue weighted by atomic mass is 9.97. The average molecular weight is 495 g/mol. The van der Waals surface area contributed by atoms with Crippen LogP contribution in [0.5, 0.6) is 0 Å². The van der Waals surface area contributed by atoms with Crippen LogP contribution in [0.2, 0.25) is 5.02 Å². The molecule has 4 rings (SSSR count). The van der Waals surface area contributed by atoms with Gasteiger partial charge in [-0.05, 0) is 25.0 Å². The van der Waals surface area contributed by atoms with Gasteiger partial charge in [-0.25, -0.2) is 17.1 Å². The quantitative estimate of drug-likeness (QED) is 0.555. The molecule has 0 saturated carbocycles. The molecule has 0 unspecified atom stereocenters. The molecule has 168 valence electrons. The maximum atomic E-state index is 14.0. The second-order valence-corrected chi connectivity index (χ2v) is 10.8. The van der Waals surface area contributed by atoms with Crippen LogP contribution in [0.1, 0.15) is 18.4 Å². The molecule has 7 nitrogen and oxygen atoms in total. The summed E-state index contributed by atoms with van der Waals surface area (Å²) >= 11 is 7.25. The van der Waals surface area contributed by atoms with Crippen molar-refractivity contribution in [2.24, 2.45) is 5.92 Å². The second-order valence-electron chi connectivity index (χ2n) is 7.40. The zero-order valence-corrected chi connectivity index (χ0v) is 19.3. The number of hydrogen-bond donors (Lipinski definition) is 1. The Morgan fingerprint density at radius 3 is 2.53 bits per heavy atom. The van der Waals surface area contributed by atoms with Gasteiger partial charge in [0.25, 0.3) is 0 Å². The summed E-state index contributed by atoms with van der Waals surface area (Å²) < 4.78 is 40.8. The molecule has 11 heteroatoms. The van der Waals surface area contributed by atoms with Gasteiger partial charge in [-0.3, -0.25) is 4.79 Å². The monoisotopic (exact) mass is 494 g/mol. The minimum absolute atomic E-state index is 0.0421. The fraction of sp³-hybridized carbons (Fsp3) is 0.286. The van der Waals surface area contributed by atoms with E-state index >= 15 is 0 Å². The summed E-state index contributed by atoms with van der Waals surface area (Å²) in [5, 5.41) is 12.1. The highest BCUT2D eigenvalue weighted by atomic mass is 35.5. The lowest BCUT2D eigenvalue weighted by Gasteiger charge is -2.30. The lowest BCUT2D eigenvalue weighted by Crippen LogP contribution is -2.42. The highest BCUT2D eigenvalue weighted by Gasteiger charge is 2.32. The minimum atomic E-state index is -3.76. The van der Waals surface area contributed by atoms with E-state index in [9.17, 15) is 17.6 Å². The highest BCUT2D eigenvalue weighted by Crippen LogP contribution is 2.29. The van der Waals surface area contributed by atoms with E-state index in [0.717, 1.165) is 5.56 Å². The number of carbonyl (C=O) groups is 1. The van der Waals surface area contributed by atoms with Crippen molar-refractivity contribution in [1.82, 2.24) is 14.5 Å². The fourth-order valence-corrected chi connectivity index (χ4v) is 6.19. The van der Waals surface area contributed by atoms with Crippen LogP contribution in [-0.2, 0) is 20.6 Å². The summed E-state index contributed by atoms with van der Waals surface area (Å²) in [6, 6.07) is 13.6. The number of aromatic nitrogens is 2. The van der Waals surface area contributed by atoms with Crippen LogP contribution in [0.4, 0.5) is 9.52 Å². The summed E-state index contributed by atoms with van der Waals surface area (Å²) in [6.07, 6.45) is 0.723. The van der Waals surface area contributed by atoms with Crippen molar-refractivity contribution in [3.8, 4) is 10.6 Å². The van der Waals surface area contributed by atoms with Crippen LogP contribution in [0.3, 0.4) is 0 Å². The van der Waals surface area contributed by atoms with Crippen LogP contribution >= 0.6 is 22.9 Å². The Morgan fingerprint density at radius 2 is 1.84 bits per heavy atom. The van der Waals surface area contributed by atoms with E-state index in [0.29, 0.717) is 23.0 Å². The summed E-state index contributed by atoms with van der Waals surface area (Å²) in [4.78, 5) is 12.6. The maximum Gasteiger partial charge on any atom is 0.229 e. The predicted octanol–water partition coefficient (Wildman–Crippen LogP) is 4.18. The van der Waals surface area contributed by atoms with Crippen LogP contribution in [0.15, 0.2) is 48.5 Å². The maximum absolute atomic E-state index is 14.0. The fourth-order valence-electron chi connectivity index (χ4n) is 3.52. The molecule has 3 aromatic rings. The number of piperidine rings is 1. The second kappa shape index (κ2) is 9.62. The third-order valence-electron chi connectivity index (χ3n) is 5.28. The number of benzene rings is 2. The SMILES string of the molecule is O=C(Nc1nnc(-c2ccccc2)s1)C1CCN(S(=O)(=O)Cc2c(F)cccc2Cl)CC1. The largest absolute Gasteiger partial charge is 0.300 e. The van der Waals surface area contributed by atoms with Crippen molar-refractivity contribution in [2.45, 2.75) is 18.6 Å². The van der Waals surface area contributed by atoms with Crippen LogP contribution in [0.25, 0.3) is 10.6 Å². The number of amides is 1. The zero-order valence-electron chi connectivity index (χ0n) is 16.9. The first-order valence-corrected chi connectivity index (χ1v) is 12.7. The van der Waals surface area contributed by atoms with Gasteiger partial charge in [0, 0.05) is 35.2 Å². The van der Waals surface area contributed by atoms with Crippen LogP contribution < -0.4 is 5.32 Å². The van der Waals surface area contributed by atoms with Gasteiger partial charge in [0.1, 0.15) is 10.8 Å². The Hall–Kier alpha value is -2.40. The van der Waals surface area contributed by atoms with E-state index in [-0.39, 0.29) is 35.5 Å². The first-order valence-electron chi connectivity index (χ1n) is 9.94. The summed E-state index contributed by atoms with van der Waals surface area (Å²) in [5.74, 6) is -1.72. The summed E-state index contributed by atoms with van der Waals surface area (Å²) in [7, 11) is -3.76. The lowest BCUT2D eigenvalue weighted by molar-refractivity contribution is -0.120. The third-order valence-corrected chi connectivity index (χ3v) is 8.33. The molecule has 0 atom stereocenters. The molecule has 1 saturated heterocycles. The molecule has 32 heavy (non-hydrogen) atoms. The van der Waals surface area contributed by atoms with E-state index < -0.39 is 21.6 Å². The number of sulfonamides is 1. The smallest absolute Gasteiger partial charge is 0.229 e. The summed E-state index contributed by atoms with van der Waals surface area (Å²) in [5.41, 5.74) is 0.874. The number of nitrogens with one attached hydrogen (secondary N) is 1. The molecule has 1 aliphatic rings. The molecule has 0 aliphatic carbocycles. The van der Waals surface area contributed by atoms with E-state index in [1.807, 2.05) is 30.3 Å². The first kappa shape index (κ1) is 22.8. The van der Waals surface area contributed by atoms with Gasteiger partial charge in [-0.2, -0.15) is 0 Å². The molecule has 0 radical (unpaired) electrons. The number of hydrogen-bond acceptors (Lipinski definition) is 6. The first-order chi connectivity index (χ1) is 15.3. The topological polar surface area (TPSA) is 92.3 Å². The molecule has 1 aliphatic heterocycles. The number of nitrogens with zero attached hydrogens (tertiary/aromatic N) is 3. The zero-order chi connectivity index (χ0) is 22.7. The molecule has 1 fully saturated rings. The number of anilines is 1. The van der Waals surface area contributed by atoms with Gasteiger partial charge in [0.15, 0.2) is 0 Å². The van der Waals surface area contributed by atoms with E-state index in [1.165, 1.54) is 33.8 Å². The molecular weight excluding hydrogens is 475 g/mol. The summed E-state index contributed by atoms with van der Waals surface area (Å²) in [6.45, 7) is 0.357. The Bertz CT molecular complexity index is 1190. The predicted molar refractivity (Wildman–Crippen MR) is 122 cm³/mol. The van der Waals surface area contributed by atoms with Crippen molar-refractivity contribution >= 4 is 44.0 Å². The van der Waals surface area contributed by atoms with Gasteiger partial charge in [-0.1, -0.05) is 59.3 Å². The average Bonchev–Trinajstić information content (AvgIpc) is 3.25. The van der Waals surface area contributed by atoms with Crippen molar-refractivity contribution in [1.29, 1.82) is 0 Å². The van der Waals surface area contributed by atoms with Gasteiger partial charge in [0.2, 0.25) is 21.1 Å². The van der Waals surface area contributed by atoms with E-state index in [4.69, 9.17) is 11.6 Å².